The first kappa shape index (κ1) is 13.9. The second-order valence-corrected chi connectivity index (χ2v) is 5.51. The van der Waals surface area contributed by atoms with E-state index in [4.69, 9.17) is 4.74 Å². The standard InChI is InChI=1S/C15H18N2O4/c18-14-10-21-13-9-11(15(19)20)3-4-12(13)17(14)8-7-16-5-1-2-6-16/h3-4,9H,1-2,5-8,10H2,(H,19,20). The Morgan fingerprint density at radius 2 is 2.10 bits per heavy atom. The maximum Gasteiger partial charge on any atom is 0.265 e. The molecule has 0 bridgehead atoms. The number of anilines is 1. The number of rotatable bonds is 4. The van der Waals surface area contributed by atoms with Gasteiger partial charge in [0.2, 0.25) is 0 Å². The fourth-order valence-corrected chi connectivity index (χ4v) is 2.97. The quantitative estimate of drug-likeness (QED) is 0.729. The molecule has 2 aliphatic rings. The van der Waals surface area contributed by atoms with E-state index in [0.29, 0.717) is 18.0 Å². The predicted octanol–water partition coefficient (Wildman–Crippen LogP) is -1.55. The Kier molecular flexibility index (Phi) is 3.79. The van der Waals surface area contributed by atoms with E-state index in [1.807, 2.05) is 0 Å². The van der Waals surface area contributed by atoms with Gasteiger partial charge in [0, 0.05) is 18.4 Å². The van der Waals surface area contributed by atoms with Crippen LogP contribution in [0.2, 0.25) is 0 Å². The number of aromatic carboxylic acids is 1. The molecule has 0 radical (unpaired) electrons. The van der Waals surface area contributed by atoms with Crippen molar-refractivity contribution in [2.75, 3.05) is 37.7 Å². The van der Waals surface area contributed by atoms with Crippen molar-refractivity contribution in [1.82, 2.24) is 0 Å². The summed E-state index contributed by atoms with van der Waals surface area (Å²) in [6, 6.07) is 4.50. The number of hydrogen-bond acceptors (Lipinski definition) is 4. The van der Waals surface area contributed by atoms with Gasteiger partial charge in [0.05, 0.1) is 37.8 Å². The third kappa shape index (κ3) is 2.85. The molecule has 1 aromatic carbocycles. The molecule has 6 nitrogen and oxygen atoms in total. The maximum atomic E-state index is 12.0. The van der Waals surface area contributed by atoms with Gasteiger partial charge >= 0.3 is 0 Å². The van der Waals surface area contributed by atoms with Crippen molar-refractivity contribution in [3.05, 3.63) is 23.8 Å². The number of likely N-dealkylation sites (tertiary alicyclic amines) is 1. The monoisotopic (exact) mass is 290 g/mol. The number of nitrogens with zero attached hydrogens (tertiary/aromatic N) is 1. The number of carbonyl (C=O) groups is 2. The molecule has 2 aliphatic heterocycles. The summed E-state index contributed by atoms with van der Waals surface area (Å²) in [6.45, 7) is 3.82. The van der Waals surface area contributed by atoms with Crippen LogP contribution in [0.3, 0.4) is 0 Å². The first-order valence-corrected chi connectivity index (χ1v) is 7.27. The van der Waals surface area contributed by atoms with Gasteiger partial charge in [-0.3, -0.25) is 4.79 Å². The fourth-order valence-electron chi connectivity index (χ4n) is 2.97. The van der Waals surface area contributed by atoms with E-state index < -0.39 is 5.97 Å². The van der Waals surface area contributed by atoms with Crippen LogP contribution in [0, 0.1) is 0 Å². The van der Waals surface area contributed by atoms with Gasteiger partial charge in [0.25, 0.3) is 5.91 Å². The highest BCUT2D eigenvalue weighted by Crippen LogP contribution is 2.32. The van der Waals surface area contributed by atoms with E-state index in [0.717, 1.165) is 19.6 Å². The topological polar surface area (TPSA) is 74.1 Å². The summed E-state index contributed by atoms with van der Waals surface area (Å²) in [5, 5.41) is 10.9. The smallest absolute Gasteiger partial charge is 0.265 e. The number of nitrogens with one attached hydrogen (secondary N) is 1. The zero-order chi connectivity index (χ0) is 14.8. The Morgan fingerprint density at radius 3 is 2.81 bits per heavy atom. The summed E-state index contributed by atoms with van der Waals surface area (Å²) in [7, 11) is 0. The lowest BCUT2D eigenvalue weighted by atomic mass is 10.1. The highest BCUT2D eigenvalue weighted by molar-refractivity contribution is 5.99. The molecule has 0 unspecified atom stereocenters. The fraction of sp³-hybridized carbons (Fsp3) is 0.467. The molecule has 0 atom stereocenters. The number of amides is 1. The van der Waals surface area contributed by atoms with E-state index >= 15 is 0 Å². The third-order valence-electron chi connectivity index (χ3n) is 4.14. The molecule has 1 fully saturated rings. The largest absolute Gasteiger partial charge is 0.545 e. The summed E-state index contributed by atoms with van der Waals surface area (Å²) < 4.78 is 5.34. The van der Waals surface area contributed by atoms with Gasteiger partial charge in [-0.25, -0.2) is 0 Å². The van der Waals surface area contributed by atoms with Gasteiger partial charge in [0.15, 0.2) is 6.61 Å². The number of carboxylic acid groups (broad SMARTS) is 1. The normalized spacial score (nSPS) is 18.5. The van der Waals surface area contributed by atoms with Gasteiger partial charge in [0.1, 0.15) is 5.75 Å². The highest BCUT2D eigenvalue weighted by atomic mass is 16.5. The Morgan fingerprint density at radius 1 is 1.33 bits per heavy atom. The SMILES string of the molecule is O=C([O-])c1ccc2c(c1)OCC(=O)N2CC[NH+]1CCCC1. The molecule has 112 valence electrons. The number of carboxylic acids is 1. The molecule has 6 heteroatoms. The molecule has 1 N–H and O–H groups in total. The van der Waals surface area contributed by atoms with Gasteiger partial charge in [-0.15, -0.1) is 0 Å². The second-order valence-electron chi connectivity index (χ2n) is 5.51. The minimum Gasteiger partial charge on any atom is -0.545 e. The lowest BCUT2D eigenvalue weighted by Crippen LogP contribution is -3.10. The first-order valence-electron chi connectivity index (χ1n) is 7.27. The van der Waals surface area contributed by atoms with E-state index in [1.165, 1.54) is 29.9 Å². The Hall–Kier alpha value is -2.08. The molecule has 21 heavy (non-hydrogen) atoms. The third-order valence-corrected chi connectivity index (χ3v) is 4.14. The summed E-state index contributed by atoms with van der Waals surface area (Å²) in [5.41, 5.74) is 0.711. The average Bonchev–Trinajstić information content (AvgIpc) is 2.99. The van der Waals surface area contributed by atoms with Gasteiger partial charge in [-0.2, -0.15) is 0 Å². The molecule has 0 aromatic heterocycles. The highest BCUT2D eigenvalue weighted by Gasteiger charge is 2.27. The summed E-state index contributed by atoms with van der Waals surface area (Å²) in [4.78, 5) is 26.1. The van der Waals surface area contributed by atoms with Crippen LogP contribution in [0.25, 0.3) is 0 Å². The molecule has 0 aliphatic carbocycles. The van der Waals surface area contributed by atoms with E-state index in [9.17, 15) is 14.7 Å². The molecule has 1 aromatic rings. The predicted molar refractivity (Wildman–Crippen MR) is 73.4 cm³/mol. The average molecular weight is 290 g/mol. The van der Waals surface area contributed by atoms with Crippen molar-refractivity contribution >= 4 is 17.6 Å². The van der Waals surface area contributed by atoms with Crippen LogP contribution in [0.15, 0.2) is 18.2 Å². The van der Waals surface area contributed by atoms with Crippen LogP contribution in [0.1, 0.15) is 23.2 Å². The second kappa shape index (κ2) is 5.73. The van der Waals surface area contributed by atoms with Crippen LogP contribution in [0.5, 0.6) is 5.75 Å². The zero-order valence-corrected chi connectivity index (χ0v) is 11.8. The maximum absolute atomic E-state index is 12.0. The Bertz CT molecular complexity index is 567. The molecule has 0 saturated carbocycles. The first-order chi connectivity index (χ1) is 10.1. The summed E-state index contributed by atoms with van der Waals surface area (Å²) >= 11 is 0. The molecule has 0 spiro atoms. The van der Waals surface area contributed by atoms with Gasteiger partial charge in [-0.05, 0) is 12.1 Å². The van der Waals surface area contributed by atoms with E-state index in [1.54, 1.807) is 11.0 Å². The minimum absolute atomic E-state index is 0.0428. The van der Waals surface area contributed by atoms with Crippen molar-refractivity contribution in [3.63, 3.8) is 0 Å². The molecule has 1 saturated heterocycles. The number of fused-ring (bicyclic) bond motifs is 1. The minimum atomic E-state index is -1.24. The van der Waals surface area contributed by atoms with Gasteiger partial charge in [-0.1, -0.05) is 6.07 Å². The van der Waals surface area contributed by atoms with Crippen molar-refractivity contribution in [2.24, 2.45) is 0 Å². The van der Waals surface area contributed by atoms with Crippen molar-refractivity contribution < 1.29 is 24.3 Å². The molecule has 1 amide bonds. The molecular formula is C15H18N2O4. The van der Waals surface area contributed by atoms with E-state index in [-0.39, 0.29) is 18.1 Å². The van der Waals surface area contributed by atoms with Crippen molar-refractivity contribution in [2.45, 2.75) is 12.8 Å². The van der Waals surface area contributed by atoms with Crippen molar-refractivity contribution in [1.29, 1.82) is 0 Å². The number of hydrogen-bond donors (Lipinski definition) is 1. The number of quaternary nitrogens is 1. The Balaban J connectivity index is 1.77. The lowest BCUT2D eigenvalue weighted by molar-refractivity contribution is -0.885. The van der Waals surface area contributed by atoms with E-state index in [2.05, 4.69) is 0 Å². The number of ether oxygens (including phenoxy) is 1. The molecular weight excluding hydrogens is 272 g/mol. The van der Waals surface area contributed by atoms with Crippen LogP contribution in [-0.2, 0) is 4.79 Å². The van der Waals surface area contributed by atoms with Gasteiger partial charge < -0.3 is 24.4 Å². The van der Waals surface area contributed by atoms with Crippen molar-refractivity contribution in [3.8, 4) is 5.75 Å². The Labute approximate surface area is 122 Å². The zero-order valence-electron chi connectivity index (χ0n) is 11.8. The van der Waals surface area contributed by atoms with Crippen LogP contribution in [-0.4, -0.2) is 44.7 Å². The van der Waals surface area contributed by atoms with Crippen LogP contribution < -0.4 is 19.6 Å². The van der Waals surface area contributed by atoms with Crippen LogP contribution >= 0.6 is 0 Å². The lowest BCUT2D eigenvalue weighted by Gasteiger charge is -2.30. The molecule has 3 rings (SSSR count). The molecule has 2 heterocycles. The summed E-state index contributed by atoms with van der Waals surface area (Å²) in [6.07, 6.45) is 2.50. The number of benzene rings is 1. The number of carbonyl (C=O) groups excluding carboxylic acids is 2. The summed E-state index contributed by atoms with van der Waals surface area (Å²) in [5.74, 6) is -0.888. The van der Waals surface area contributed by atoms with Crippen LogP contribution in [0.4, 0.5) is 5.69 Å².